The molecule has 228 valence electrons. The molecule has 1 aliphatic rings. The third-order valence-corrected chi connectivity index (χ3v) is 8.23. The van der Waals surface area contributed by atoms with Gasteiger partial charge in [0.2, 0.25) is 0 Å². The maximum atomic E-state index is 14.0. The number of carbonyl (C=O) groups excluding carboxylic acids is 2. The van der Waals surface area contributed by atoms with Crippen LogP contribution in [0, 0.1) is 3.57 Å². The van der Waals surface area contributed by atoms with E-state index in [1.807, 2.05) is 0 Å². The fraction of sp³-hybridized carbons (Fsp3) is 0.333. The SMILES string of the molecule is CCOC(=O)COc1c(I)cc(/C=c2\sc3n(c2=O)[C@@H](c2ccc(OC)cc2OC)C(C(=O)OCC)=C(C)N=3)cc1OC. The summed E-state index contributed by atoms with van der Waals surface area (Å²) < 4.78 is 35.1. The molecule has 0 spiro atoms. The summed E-state index contributed by atoms with van der Waals surface area (Å²) in [4.78, 5) is 44.1. The van der Waals surface area contributed by atoms with E-state index >= 15 is 0 Å². The normalized spacial score (nSPS) is 14.5. The molecule has 0 unspecified atom stereocenters. The minimum absolute atomic E-state index is 0.159. The zero-order valence-electron chi connectivity index (χ0n) is 24.5. The lowest BCUT2D eigenvalue weighted by molar-refractivity contribution is -0.145. The van der Waals surface area contributed by atoms with Gasteiger partial charge in [-0.2, -0.15) is 0 Å². The van der Waals surface area contributed by atoms with Crippen LogP contribution in [-0.2, 0) is 19.1 Å². The van der Waals surface area contributed by atoms with Crippen molar-refractivity contribution >= 4 is 51.9 Å². The number of hydrogen-bond donors (Lipinski definition) is 0. The molecule has 1 aliphatic heterocycles. The smallest absolute Gasteiger partial charge is 0.344 e. The fourth-order valence-corrected chi connectivity index (χ4v) is 6.41. The number of halogens is 1. The molecule has 0 fully saturated rings. The maximum absolute atomic E-state index is 14.0. The van der Waals surface area contributed by atoms with Crippen molar-refractivity contribution in [1.82, 2.24) is 4.57 Å². The Morgan fingerprint density at radius 3 is 2.40 bits per heavy atom. The van der Waals surface area contributed by atoms with Crippen molar-refractivity contribution in [2.45, 2.75) is 26.8 Å². The highest BCUT2D eigenvalue weighted by Crippen LogP contribution is 2.38. The van der Waals surface area contributed by atoms with E-state index in [9.17, 15) is 14.4 Å². The van der Waals surface area contributed by atoms with Gasteiger partial charge in [0.05, 0.1) is 53.9 Å². The molecule has 43 heavy (non-hydrogen) atoms. The lowest BCUT2D eigenvalue weighted by Gasteiger charge is -2.26. The van der Waals surface area contributed by atoms with Crippen LogP contribution < -0.4 is 33.8 Å². The van der Waals surface area contributed by atoms with E-state index in [-0.39, 0.29) is 31.0 Å². The molecule has 0 N–H and O–H groups in total. The highest BCUT2D eigenvalue weighted by molar-refractivity contribution is 14.1. The second-order valence-electron chi connectivity index (χ2n) is 9.04. The maximum Gasteiger partial charge on any atom is 0.344 e. The number of carbonyl (C=O) groups is 2. The second kappa shape index (κ2) is 14.1. The van der Waals surface area contributed by atoms with Gasteiger partial charge in [-0.25, -0.2) is 14.6 Å². The van der Waals surface area contributed by atoms with Crippen LogP contribution in [0.5, 0.6) is 23.0 Å². The van der Waals surface area contributed by atoms with E-state index in [1.165, 1.54) is 30.1 Å². The molecule has 2 heterocycles. The van der Waals surface area contributed by atoms with Crippen LogP contribution in [0.2, 0.25) is 0 Å². The van der Waals surface area contributed by atoms with Crippen molar-refractivity contribution in [3.8, 4) is 23.0 Å². The topological polar surface area (TPSA) is 124 Å². The van der Waals surface area contributed by atoms with Crippen molar-refractivity contribution < 1.29 is 38.0 Å². The van der Waals surface area contributed by atoms with Gasteiger partial charge in [-0.3, -0.25) is 9.36 Å². The van der Waals surface area contributed by atoms with Crippen LogP contribution in [0.15, 0.2) is 51.4 Å². The molecule has 0 saturated carbocycles. The number of thiazole rings is 1. The molecule has 1 atom stereocenters. The molecular weight excluding hydrogens is 691 g/mol. The number of ether oxygens (including phenoxy) is 6. The molecule has 1 aromatic heterocycles. The lowest BCUT2D eigenvalue weighted by Crippen LogP contribution is -2.40. The molecule has 2 aromatic carbocycles. The van der Waals surface area contributed by atoms with E-state index in [0.29, 0.717) is 52.7 Å². The van der Waals surface area contributed by atoms with Crippen LogP contribution in [0.3, 0.4) is 0 Å². The Hall–Kier alpha value is -3.85. The van der Waals surface area contributed by atoms with Crippen molar-refractivity contribution in [2.24, 2.45) is 4.99 Å². The Balaban J connectivity index is 1.87. The standard InChI is InChI=1S/C30H31IN2O9S/c1-7-40-24(34)15-42-27-20(31)11-17(12-22(27)39-6)13-23-28(35)33-26(19-10-9-18(37-4)14-21(19)38-5)25(29(36)41-8-2)16(3)32-30(33)43-23/h9-14,26H,7-8,15H2,1-6H3/b23-13-/t26-/m0/s1. The van der Waals surface area contributed by atoms with E-state index in [4.69, 9.17) is 28.4 Å². The first-order chi connectivity index (χ1) is 20.7. The molecule has 0 saturated heterocycles. The van der Waals surface area contributed by atoms with E-state index in [2.05, 4.69) is 27.6 Å². The van der Waals surface area contributed by atoms with Crippen molar-refractivity contribution in [2.75, 3.05) is 41.2 Å². The quantitative estimate of drug-likeness (QED) is 0.217. The minimum Gasteiger partial charge on any atom is -0.497 e. The molecule has 11 nitrogen and oxygen atoms in total. The molecule has 3 aromatic rings. The highest BCUT2D eigenvalue weighted by atomic mass is 127. The van der Waals surface area contributed by atoms with E-state index < -0.39 is 18.0 Å². The fourth-order valence-electron chi connectivity index (χ4n) is 4.58. The average molecular weight is 723 g/mol. The van der Waals surface area contributed by atoms with Gasteiger partial charge in [0.15, 0.2) is 22.9 Å². The molecule has 13 heteroatoms. The Bertz CT molecular complexity index is 1760. The van der Waals surface area contributed by atoms with Gasteiger partial charge in [0, 0.05) is 11.6 Å². The summed E-state index contributed by atoms with van der Waals surface area (Å²) in [5.41, 5.74) is 1.57. The third kappa shape index (κ3) is 6.72. The summed E-state index contributed by atoms with van der Waals surface area (Å²) in [6.45, 7) is 5.29. The summed E-state index contributed by atoms with van der Waals surface area (Å²) >= 11 is 3.27. The van der Waals surface area contributed by atoms with Crippen LogP contribution in [0.4, 0.5) is 0 Å². The van der Waals surface area contributed by atoms with Crippen LogP contribution in [0.1, 0.15) is 37.9 Å². The van der Waals surface area contributed by atoms with Crippen LogP contribution in [0.25, 0.3) is 6.08 Å². The van der Waals surface area contributed by atoms with Gasteiger partial charge in [0.1, 0.15) is 17.5 Å². The predicted molar refractivity (Wildman–Crippen MR) is 168 cm³/mol. The zero-order chi connectivity index (χ0) is 31.3. The predicted octanol–water partition coefficient (Wildman–Crippen LogP) is 3.37. The van der Waals surface area contributed by atoms with Gasteiger partial charge in [0.25, 0.3) is 5.56 Å². The first kappa shape index (κ1) is 32.1. The molecule has 0 aliphatic carbocycles. The van der Waals surface area contributed by atoms with Gasteiger partial charge >= 0.3 is 11.9 Å². The minimum atomic E-state index is -0.855. The van der Waals surface area contributed by atoms with Crippen molar-refractivity contribution in [1.29, 1.82) is 0 Å². The summed E-state index contributed by atoms with van der Waals surface area (Å²) in [7, 11) is 4.54. The largest absolute Gasteiger partial charge is 0.497 e. The van der Waals surface area contributed by atoms with Gasteiger partial charge in [-0.05, 0) is 79.3 Å². The number of methoxy groups -OCH3 is 3. The first-order valence-electron chi connectivity index (χ1n) is 13.2. The number of benzene rings is 2. The van der Waals surface area contributed by atoms with Crippen LogP contribution in [-0.4, -0.2) is 57.7 Å². The number of allylic oxidation sites excluding steroid dienone is 1. The third-order valence-electron chi connectivity index (χ3n) is 6.44. The van der Waals surface area contributed by atoms with Gasteiger partial charge in [-0.15, -0.1) is 0 Å². The van der Waals surface area contributed by atoms with E-state index in [1.54, 1.807) is 64.3 Å². The van der Waals surface area contributed by atoms with Crippen molar-refractivity contribution in [3.63, 3.8) is 0 Å². The van der Waals surface area contributed by atoms with E-state index in [0.717, 1.165) is 0 Å². The monoisotopic (exact) mass is 722 g/mol. The first-order valence-corrected chi connectivity index (χ1v) is 15.1. The number of fused-ring (bicyclic) bond motifs is 1. The number of rotatable bonds is 11. The summed E-state index contributed by atoms with van der Waals surface area (Å²) in [5.74, 6) is 0.704. The lowest BCUT2D eigenvalue weighted by atomic mass is 9.95. The summed E-state index contributed by atoms with van der Waals surface area (Å²) in [5, 5.41) is 0. The molecule has 4 rings (SSSR count). The second-order valence-corrected chi connectivity index (χ2v) is 11.2. The molecule has 0 amide bonds. The summed E-state index contributed by atoms with van der Waals surface area (Å²) in [6.07, 6.45) is 1.72. The summed E-state index contributed by atoms with van der Waals surface area (Å²) in [6, 6.07) is 7.86. The Morgan fingerprint density at radius 2 is 1.74 bits per heavy atom. The average Bonchev–Trinajstić information content (AvgIpc) is 3.29. The van der Waals surface area contributed by atoms with Gasteiger partial charge < -0.3 is 28.4 Å². The Labute approximate surface area is 265 Å². The number of aromatic nitrogens is 1. The Kier molecular flexibility index (Phi) is 10.5. The molecule has 0 radical (unpaired) electrons. The molecular formula is C30H31IN2O9S. The number of hydrogen-bond acceptors (Lipinski definition) is 11. The number of nitrogens with zero attached hydrogens (tertiary/aromatic N) is 2. The van der Waals surface area contributed by atoms with Crippen LogP contribution >= 0.6 is 33.9 Å². The van der Waals surface area contributed by atoms with Gasteiger partial charge in [-0.1, -0.05) is 11.3 Å². The zero-order valence-corrected chi connectivity index (χ0v) is 27.5. The van der Waals surface area contributed by atoms with Crippen molar-refractivity contribution in [3.05, 3.63) is 76.0 Å². The number of esters is 2. The Morgan fingerprint density at radius 1 is 1.02 bits per heavy atom. The highest BCUT2D eigenvalue weighted by Gasteiger charge is 2.35. The molecule has 0 bridgehead atoms.